The maximum absolute atomic E-state index is 12.3. The van der Waals surface area contributed by atoms with Gasteiger partial charge >= 0.3 is 0 Å². The number of aliphatic hydroxyl groups is 1. The molecule has 0 bridgehead atoms. The fourth-order valence-electron chi connectivity index (χ4n) is 2.64. The van der Waals surface area contributed by atoms with E-state index in [0.29, 0.717) is 12.0 Å². The Kier molecular flexibility index (Phi) is 6.53. The Hall–Kier alpha value is -2.17. The number of carbonyl (C=O) groups is 1. The molecule has 2 aromatic rings. The van der Waals surface area contributed by atoms with Gasteiger partial charge in [-0.15, -0.1) is 0 Å². The zero-order valence-corrected chi connectivity index (χ0v) is 14.6. The van der Waals surface area contributed by atoms with Gasteiger partial charge in [-0.05, 0) is 50.7 Å². The maximum atomic E-state index is 12.3. The Balaban J connectivity index is 1.89. The molecular weight excluding hydrogens is 300 g/mol. The first-order valence-corrected chi connectivity index (χ1v) is 8.23. The lowest BCUT2D eigenvalue weighted by Gasteiger charge is -2.18. The predicted molar refractivity (Wildman–Crippen MR) is 96.8 cm³/mol. The number of hydrogen-bond acceptors (Lipinski definition) is 3. The largest absolute Gasteiger partial charge is 0.388 e. The van der Waals surface area contributed by atoms with Crippen LogP contribution >= 0.6 is 0 Å². The van der Waals surface area contributed by atoms with Crippen molar-refractivity contribution in [3.05, 3.63) is 71.3 Å². The van der Waals surface area contributed by atoms with Crippen molar-refractivity contribution in [3.8, 4) is 0 Å². The van der Waals surface area contributed by atoms with Crippen LogP contribution in [-0.2, 0) is 6.54 Å². The summed E-state index contributed by atoms with van der Waals surface area (Å²) in [5.74, 6) is -0.112. The molecule has 2 aromatic carbocycles. The Morgan fingerprint density at radius 3 is 2.29 bits per heavy atom. The highest BCUT2D eigenvalue weighted by molar-refractivity contribution is 5.94. The van der Waals surface area contributed by atoms with Crippen molar-refractivity contribution in [2.24, 2.45) is 0 Å². The fraction of sp³-hybridized carbons (Fsp3) is 0.350. The zero-order valence-electron chi connectivity index (χ0n) is 14.6. The number of rotatable bonds is 7. The summed E-state index contributed by atoms with van der Waals surface area (Å²) in [6.45, 7) is 2.76. The first kappa shape index (κ1) is 18.2. The van der Waals surface area contributed by atoms with Crippen molar-refractivity contribution < 1.29 is 9.90 Å². The summed E-state index contributed by atoms with van der Waals surface area (Å²) >= 11 is 0. The Morgan fingerprint density at radius 2 is 1.71 bits per heavy atom. The van der Waals surface area contributed by atoms with Gasteiger partial charge in [0.15, 0.2) is 0 Å². The van der Waals surface area contributed by atoms with Gasteiger partial charge < -0.3 is 15.3 Å². The van der Waals surface area contributed by atoms with Gasteiger partial charge in [-0.3, -0.25) is 4.79 Å². The van der Waals surface area contributed by atoms with Gasteiger partial charge in [0, 0.05) is 18.2 Å². The normalized spacial score (nSPS) is 13.5. The third kappa shape index (κ3) is 5.48. The van der Waals surface area contributed by atoms with E-state index in [0.717, 1.165) is 12.1 Å². The van der Waals surface area contributed by atoms with Crippen LogP contribution in [-0.4, -0.2) is 36.1 Å². The number of nitrogens with zero attached hydrogens (tertiary/aromatic N) is 1. The second-order valence-corrected chi connectivity index (χ2v) is 6.47. The van der Waals surface area contributed by atoms with Crippen LogP contribution in [0.3, 0.4) is 0 Å². The fourth-order valence-corrected chi connectivity index (χ4v) is 2.64. The molecule has 0 aliphatic carbocycles. The molecule has 24 heavy (non-hydrogen) atoms. The molecule has 2 rings (SSSR count). The summed E-state index contributed by atoms with van der Waals surface area (Å²) in [6.07, 6.45) is -0.0990. The standard InChI is InChI=1S/C20H26N2O2/c1-15(13-19(23)17-7-5-4-6-8-17)21-20(24)18-11-9-16(10-12-18)14-22(2)3/h4-12,15,19,23H,13-14H2,1-3H3,(H,21,24). The Bertz CT molecular complexity index is 638. The van der Waals surface area contributed by atoms with Crippen molar-refractivity contribution in [2.75, 3.05) is 14.1 Å². The van der Waals surface area contributed by atoms with Gasteiger partial charge in [0.2, 0.25) is 0 Å². The van der Waals surface area contributed by atoms with Gasteiger partial charge in [0.25, 0.3) is 5.91 Å². The highest BCUT2D eigenvalue weighted by Crippen LogP contribution is 2.18. The smallest absolute Gasteiger partial charge is 0.251 e. The maximum Gasteiger partial charge on any atom is 0.251 e. The predicted octanol–water partition coefficient (Wildman–Crippen LogP) is 2.99. The average Bonchev–Trinajstić information content (AvgIpc) is 2.55. The van der Waals surface area contributed by atoms with E-state index < -0.39 is 6.10 Å². The van der Waals surface area contributed by atoms with Crippen molar-refractivity contribution in [1.29, 1.82) is 0 Å². The van der Waals surface area contributed by atoms with Crippen molar-refractivity contribution >= 4 is 5.91 Å². The van der Waals surface area contributed by atoms with E-state index in [-0.39, 0.29) is 11.9 Å². The van der Waals surface area contributed by atoms with E-state index in [1.165, 1.54) is 5.56 Å². The zero-order chi connectivity index (χ0) is 17.5. The second-order valence-electron chi connectivity index (χ2n) is 6.47. The van der Waals surface area contributed by atoms with Gasteiger partial charge in [-0.1, -0.05) is 42.5 Å². The molecule has 0 saturated heterocycles. The lowest BCUT2D eigenvalue weighted by atomic mass is 10.0. The number of carbonyl (C=O) groups excluding carboxylic acids is 1. The molecule has 2 atom stereocenters. The molecule has 0 saturated carbocycles. The molecule has 4 heteroatoms. The molecule has 0 radical (unpaired) electrons. The Labute approximate surface area is 144 Å². The van der Waals surface area contributed by atoms with Gasteiger partial charge in [-0.25, -0.2) is 0 Å². The molecule has 0 spiro atoms. The van der Waals surface area contributed by atoms with Crippen LogP contribution in [0.1, 0.15) is 40.9 Å². The van der Waals surface area contributed by atoms with Crippen LogP contribution in [0.15, 0.2) is 54.6 Å². The highest BCUT2D eigenvalue weighted by atomic mass is 16.3. The summed E-state index contributed by atoms with van der Waals surface area (Å²) in [7, 11) is 4.03. The topological polar surface area (TPSA) is 52.6 Å². The third-order valence-corrected chi connectivity index (χ3v) is 3.85. The number of amides is 1. The molecule has 1 amide bonds. The lowest BCUT2D eigenvalue weighted by Crippen LogP contribution is -2.33. The third-order valence-electron chi connectivity index (χ3n) is 3.85. The second kappa shape index (κ2) is 8.62. The van der Waals surface area contributed by atoms with Crippen LogP contribution in [0.25, 0.3) is 0 Å². The summed E-state index contributed by atoms with van der Waals surface area (Å²) in [5, 5.41) is 13.2. The molecule has 0 aliphatic heterocycles. The van der Waals surface area contributed by atoms with Crippen LogP contribution < -0.4 is 5.32 Å². The van der Waals surface area contributed by atoms with E-state index in [1.54, 1.807) is 0 Å². The lowest BCUT2D eigenvalue weighted by molar-refractivity contribution is 0.0917. The molecule has 128 valence electrons. The molecule has 4 nitrogen and oxygen atoms in total. The average molecular weight is 326 g/mol. The first-order chi connectivity index (χ1) is 11.5. The van der Waals surface area contributed by atoms with Crippen molar-refractivity contribution in [2.45, 2.75) is 32.0 Å². The van der Waals surface area contributed by atoms with Crippen LogP contribution in [0.5, 0.6) is 0 Å². The van der Waals surface area contributed by atoms with E-state index in [9.17, 15) is 9.90 Å². The molecule has 0 aromatic heterocycles. The number of benzene rings is 2. The van der Waals surface area contributed by atoms with Crippen LogP contribution in [0.2, 0.25) is 0 Å². The summed E-state index contributed by atoms with van der Waals surface area (Å²) in [5.41, 5.74) is 2.68. The van der Waals surface area contributed by atoms with Gasteiger partial charge in [0.1, 0.15) is 0 Å². The van der Waals surface area contributed by atoms with E-state index in [4.69, 9.17) is 0 Å². The van der Waals surface area contributed by atoms with Crippen LogP contribution in [0.4, 0.5) is 0 Å². The monoisotopic (exact) mass is 326 g/mol. The molecule has 0 heterocycles. The number of nitrogens with one attached hydrogen (secondary N) is 1. The van der Waals surface area contributed by atoms with Crippen LogP contribution in [0, 0.1) is 0 Å². The van der Waals surface area contributed by atoms with Crippen molar-refractivity contribution in [1.82, 2.24) is 10.2 Å². The minimum atomic E-state index is -0.580. The summed E-state index contributed by atoms with van der Waals surface area (Å²) in [6, 6.07) is 17.0. The molecule has 0 aliphatic rings. The van der Waals surface area contributed by atoms with Gasteiger partial charge in [-0.2, -0.15) is 0 Å². The quantitative estimate of drug-likeness (QED) is 0.822. The molecule has 0 fully saturated rings. The van der Waals surface area contributed by atoms with E-state index >= 15 is 0 Å². The highest BCUT2D eigenvalue weighted by Gasteiger charge is 2.15. The SMILES string of the molecule is CC(CC(O)c1ccccc1)NC(=O)c1ccc(CN(C)C)cc1. The molecular formula is C20H26N2O2. The number of aliphatic hydroxyl groups excluding tert-OH is 1. The van der Waals surface area contributed by atoms with Gasteiger partial charge in [0.05, 0.1) is 6.10 Å². The minimum Gasteiger partial charge on any atom is -0.388 e. The number of hydrogen-bond donors (Lipinski definition) is 2. The van der Waals surface area contributed by atoms with Crippen molar-refractivity contribution in [3.63, 3.8) is 0 Å². The Morgan fingerprint density at radius 1 is 1.08 bits per heavy atom. The minimum absolute atomic E-state index is 0.112. The first-order valence-electron chi connectivity index (χ1n) is 8.23. The summed E-state index contributed by atoms with van der Waals surface area (Å²) < 4.78 is 0. The summed E-state index contributed by atoms with van der Waals surface area (Å²) in [4.78, 5) is 14.4. The molecule has 2 unspecified atom stereocenters. The molecule has 2 N–H and O–H groups in total. The van der Waals surface area contributed by atoms with E-state index in [1.807, 2.05) is 75.6 Å². The van der Waals surface area contributed by atoms with E-state index in [2.05, 4.69) is 10.2 Å².